The predicted molar refractivity (Wildman–Crippen MR) is 90.4 cm³/mol. The third-order valence-electron chi connectivity index (χ3n) is 4.65. The maximum Gasteiger partial charge on any atom is 0.437 e. The molecule has 3 rings (SSSR count). The van der Waals surface area contributed by atoms with Crippen LogP contribution in [0.25, 0.3) is 0 Å². The lowest BCUT2D eigenvalue weighted by Gasteiger charge is -2.45. The van der Waals surface area contributed by atoms with Crippen LogP contribution in [0, 0.1) is 5.92 Å². The van der Waals surface area contributed by atoms with E-state index in [9.17, 15) is 37.8 Å². The number of carboxylic acids is 1. The highest BCUT2D eigenvalue weighted by Crippen LogP contribution is 2.43. The van der Waals surface area contributed by atoms with Crippen molar-refractivity contribution < 1.29 is 37.8 Å². The second-order valence-corrected chi connectivity index (χ2v) is 6.46. The first-order valence-corrected chi connectivity index (χ1v) is 8.33. The molecular weight excluding hydrogens is 393 g/mol. The molecule has 10 heteroatoms. The van der Waals surface area contributed by atoms with Crippen LogP contribution in [0.15, 0.2) is 54.6 Å². The quantitative estimate of drug-likeness (QED) is 0.658. The predicted octanol–water partition coefficient (Wildman–Crippen LogP) is 1.15. The van der Waals surface area contributed by atoms with Crippen LogP contribution >= 0.6 is 0 Å². The third kappa shape index (κ3) is 3.66. The first-order chi connectivity index (χ1) is 13.5. The van der Waals surface area contributed by atoms with Gasteiger partial charge in [0.15, 0.2) is 5.78 Å². The van der Waals surface area contributed by atoms with Crippen molar-refractivity contribution in [1.29, 1.82) is 0 Å². The molecule has 3 N–H and O–H groups in total. The summed E-state index contributed by atoms with van der Waals surface area (Å²) in [7, 11) is 0. The summed E-state index contributed by atoms with van der Waals surface area (Å²) in [6.07, 6.45) is -5.37. The second kappa shape index (κ2) is 7.21. The summed E-state index contributed by atoms with van der Waals surface area (Å²) in [6, 6.07) is 8.51. The van der Waals surface area contributed by atoms with Gasteiger partial charge in [-0.3, -0.25) is 4.79 Å². The number of alkyl halides is 3. The number of aromatic carboxylic acids is 1. The lowest BCUT2D eigenvalue weighted by molar-refractivity contribution is -0.287. The summed E-state index contributed by atoms with van der Waals surface area (Å²) in [5.74, 6) is -4.75. The lowest BCUT2D eigenvalue weighted by atomic mass is 9.77. The Morgan fingerprint density at radius 3 is 2.10 bits per heavy atom. The van der Waals surface area contributed by atoms with Crippen molar-refractivity contribution in [2.24, 2.45) is 5.92 Å². The van der Waals surface area contributed by atoms with Gasteiger partial charge in [0.25, 0.3) is 0 Å². The van der Waals surface area contributed by atoms with Crippen molar-refractivity contribution in [3.63, 3.8) is 0 Å². The minimum absolute atomic E-state index is 0.00167. The van der Waals surface area contributed by atoms with Gasteiger partial charge in [0.05, 0.1) is 12.0 Å². The Balaban J connectivity index is 2.14. The van der Waals surface area contributed by atoms with Crippen molar-refractivity contribution in [3.8, 4) is 0 Å². The molecule has 0 bridgehead atoms. The molecule has 1 aliphatic heterocycles. The van der Waals surface area contributed by atoms with Gasteiger partial charge in [0.1, 0.15) is 5.92 Å². The number of carbonyl (C=O) groups is 3. The molecule has 2 amide bonds. The average Bonchev–Trinajstić information content (AvgIpc) is 2.67. The molecule has 1 aliphatic rings. The van der Waals surface area contributed by atoms with Crippen LogP contribution in [0.3, 0.4) is 0 Å². The number of nitrogens with one attached hydrogen (secondary N) is 2. The summed E-state index contributed by atoms with van der Waals surface area (Å²) in [4.78, 5) is 35.8. The van der Waals surface area contributed by atoms with Gasteiger partial charge in [-0.2, -0.15) is 13.2 Å². The van der Waals surface area contributed by atoms with E-state index in [1.54, 1.807) is 6.07 Å². The monoisotopic (exact) mass is 407 g/mol. The van der Waals surface area contributed by atoms with E-state index in [2.05, 4.69) is 5.32 Å². The van der Waals surface area contributed by atoms with E-state index in [-0.39, 0.29) is 16.7 Å². The van der Waals surface area contributed by atoms with Crippen LogP contribution in [0.2, 0.25) is 0 Å². The smallest absolute Gasteiger partial charge is 0.437 e. The highest BCUT2D eigenvalue weighted by atomic mass is 19.4. The number of carbonyl (C=O) groups excluding carboxylic acids is 3. The van der Waals surface area contributed by atoms with Gasteiger partial charge < -0.3 is 25.6 Å². The number of rotatable bonds is 4. The zero-order chi connectivity index (χ0) is 21.4. The number of Topliss-reactive ketones (excluding diaryl/α,β-unsaturated/α-hetero) is 1. The third-order valence-corrected chi connectivity index (χ3v) is 4.65. The van der Waals surface area contributed by atoms with Gasteiger partial charge >= 0.3 is 12.2 Å². The fraction of sp³-hybridized carbons (Fsp3) is 0.211. The molecule has 1 saturated heterocycles. The Kier molecular flexibility index (Phi) is 5.05. The van der Waals surface area contributed by atoms with Gasteiger partial charge in [-0.1, -0.05) is 54.6 Å². The first kappa shape index (κ1) is 20.3. The molecule has 1 heterocycles. The number of amides is 2. The largest absolute Gasteiger partial charge is 0.545 e. The molecule has 0 spiro atoms. The molecule has 2 aromatic rings. The number of hydrogen-bond donors (Lipinski definition) is 3. The number of halogens is 3. The first-order valence-electron chi connectivity index (χ1n) is 8.33. The van der Waals surface area contributed by atoms with Crippen LogP contribution in [0.4, 0.5) is 18.0 Å². The summed E-state index contributed by atoms with van der Waals surface area (Å²) in [6.45, 7) is 0. The molecule has 152 valence electrons. The van der Waals surface area contributed by atoms with E-state index < -0.39 is 41.6 Å². The van der Waals surface area contributed by atoms with Crippen LogP contribution in [-0.2, 0) is 0 Å². The van der Waals surface area contributed by atoms with Crippen molar-refractivity contribution in [2.75, 3.05) is 0 Å². The van der Waals surface area contributed by atoms with Crippen molar-refractivity contribution in [1.82, 2.24) is 10.6 Å². The van der Waals surface area contributed by atoms with E-state index in [0.29, 0.717) is 0 Å². The van der Waals surface area contributed by atoms with Crippen molar-refractivity contribution >= 4 is 17.8 Å². The molecule has 7 nitrogen and oxygen atoms in total. The average molecular weight is 407 g/mol. The van der Waals surface area contributed by atoms with Gasteiger partial charge in [-0.05, 0) is 11.1 Å². The van der Waals surface area contributed by atoms with Gasteiger partial charge in [0, 0.05) is 5.56 Å². The number of urea groups is 1. The molecular formula is C19H14F3N2O5-. The van der Waals surface area contributed by atoms with E-state index in [4.69, 9.17) is 0 Å². The molecule has 0 unspecified atom stereocenters. The normalized spacial score (nSPS) is 24.3. The minimum Gasteiger partial charge on any atom is -0.545 e. The van der Waals surface area contributed by atoms with Crippen molar-refractivity contribution in [3.05, 3.63) is 71.3 Å². The molecule has 3 atom stereocenters. The van der Waals surface area contributed by atoms with E-state index in [1.807, 2.05) is 0 Å². The maximum atomic E-state index is 13.8. The van der Waals surface area contributed by atoms with Crippen molar-refractivity contribution in [2.45, 2.75) is 17.9 Å². The molecule has 0 saturated carbocycles. The second-order valence-electron chi connectivity index (χ2n) is 6.46. The Morgan fingerprint density at radius 1 is 1.00 bits per heavy atom. The highest BCUT2D eigenvalue weighted by molar-refractivity contribution is 6.00. The fourth-order valence-corrected chi connectivity index (χ4v) is 3.23. The number of aliphatic hydroxyl groups is 1. The lowest BCUT2D eigenvalue weighted by Crippen LogP contribution is -2.72. The van der Waals surface area contributed by atoms with E-state index in [0.717, 1.165) is 24.3 Å². The fourth-order valence-electron chi connectivity index (χ4n) is 3.23. The van der Waals surface area contributed by atoms with E-state index in [1.165, 1.54) is 29.6 Å². The molecule has 0 aromatic heterocycles. The number of carboxylic acid groups (broad SMARTS) is 1. The Hall–Kier alpha value is -3.40. The van der Waals surface area contributed by atoms with Gasteiger partial charge in [-0.25, -0.2) is 4.79 Å². The van der Waals surface area contributed by atoms with Crippen LogP contribution in [0.5, 0.6) is 0 Å². The molecule has 0 radical (unpaired) electrons. The zero-order valence-electron chi connectivity index (χ0n) is 14.6. The number of ketones is 1. The molecule has 29 heavy (non-hydrogen) atoms. The topological polar surface area (TPSA) is 119 Å². The Morgan fingerprint density at radius 2 is 1.59 bits per heavy atom. The Labute approximate surface area is 162 Å². The maximum absolute atomic E-state index is 13.8. The van der Waals surface area contributed by atoms with Crippen LogP contribution in [-0.4, -0.2) is 34.8 Å². The van der Waals surface area contributed by atoms with Crippen LogP contribution < -0.4 is 15.7 Å². The standard InChI is InChI=1S/C19H15F3N2O5/c20-19(21,22)18(29)13(15(25)11-4-2-1-3-5-11)14(23-17(28)24-18)10-6-8-12(9-7-10)16(26)27/h1-9,13-14,29H,(H,26,27)(H2,23,24,28)/p-1/t13-,14+,18-/m1/s1. The summed E-state index contributed by atoms with van der Waals surface area (Å²) >= 11 is 0. The van der Waals surface area contributed by atoms with Gasteiger partial charge in [0.2, 0.25) is 5.72 Å². The minimum atomic E-state index is -5.37. The molecule has 1 fully saturated rings. The van der Waals surface area contributed by atoms with E-state index >= 15 is 0 Å². The number of hydrogen-bond acceptors (Lipinski definition) is 5. The summed E-state index contributed by atoms with van der Waals surface area (Å²) in [5.41, 5.74) is -4.19. The molecule has 0 aliphatic carbocycles. The zero-order valence-corrected chi connectivity index (χ0v) is 14.6. The molecule has 2 aromatic carbocycles. The Bertz CT molecular complexity index is 947. The summed E-state index contributed by atoms with van der Waals surface area (Å²) < 4.78 is 41.3. The SMILES string of the molecule is O=C1N[C@@H](c2ccc(C(=O)[O-])cc2)[C@H](C(=O)c2ccccc2)[C@@](O)(C(F)(F)F)N1. The summed E-state index contributed by atoms with van der Waals surface area (Å²) in [5, 5.41) is 25.0. The van der Waals surface area contributed by atoms with Crippen LogP contribution in [0.1, 0.15) is 32.3 Å². The highest BCUT2D eigenvalue weighted by Gasteiger charge is 2.66. The number of benzene rings is 2. The van der Waals surface area contributed by atoms with Gasteiger partial charge in [-0.15, -0.1) is 0 Å².